The molecule has 0 radical (unpaired) electrons. The third-order valence-electron chi connectivity index (χ3n) is 5.05. The molecule has 0 spiro atoms. The molecular formula is C19H19ClN2O2S. The Morgan fingerprint density at radius 1 is 1.20 bits per heavy atom. The summed E-state index contributed by atoms with van der Waals surface area (Å²) in [5.74, 6) is 0. The molecule has 130 valence electrons. The monoisotopic (exact) mass is 374 g/mol. The molecule has 0 bridgehead atoms. The van der Waals surface area contributed by atoms with E-state index in [4.69, 9.17) is 11.6 Å². The standard InChI is InChI=1S/C19H19ClN2O2S/c1-13-4-2-3-5-18(13)25(23,24)22-12-19(8-9-19)16-11-21-17-10-14(20)6-7-15(16)17/h2-7,10-11,21-22H,8-9,12H2,1H3. The zero-order valence-electron chi connectivity index (χ0n) is 13.8. The van der Waals surface area contributed by atoms with Crippen molar-refractivity contribution in [3.8, 4) is 0 Å². The lowest BCUT2D eigenvalue weighted by Crippen LogP contribution is -2.32. The molecule has 0 unspecified atom stereocenters. The molecule has 1 saturated carbocycles. The van der Waals surface area contributed by atoms with Gasteiger partial charge in [-0.25, -0.2) is 13.1 Å². The number of benzene rings is 2. The molecule has 4 rings (SSSR count). The minimum atomic E-state index is -3.52. The van der Waals surface area contributed by atoms with Gasteiger partial charge in [-0.1, -0.05) is 35.9 Å². The van der Waals surface area contributed by atoms with Crippen molar-refractivity contribution in [1.82, 2.24) is 9.71 Å². The van der Waals surface area contributed by atoms with Crippen LogP contribution >= 0.6 is 11.6 Å². The topological polar surface area (TPSA) is 62.0 Å². The number of H-pyrrole nitrogens is 1. The van der Waals surface area contributed by atoms with Gasteiger partial charge in [0.05, 0.1) is 4.90 Å². The number of nitrogens with one attached hydrogen (secondary N) is 2. The van der Waals surface area contributed by atoms with Crippen LogP contribution in [0.5, 0.6) is 0 Å². The summed E-state index contributed by atoms with van der Waals surface area (Å²) in [4.78, 5) is 3.60. The van der Waals surface area contributed by atoms with Crippen molar-refractivity contribution in [3.05, 3.63) is 64.8 Å². The first kappa shape index (κ1) is 16.6. The van der Waals surface area contributed by atoms with Crippen molar-refractivity contribution < 1.29 is 8.42 Å². The van der Waals surface area contributed by atoms with E-state index in [1.807, 2.05) is 43.5 Å². The summed E-state index contributed by atoms with van der Waals surface area (Å²) in [7, 11) is -3.52. The summed E-state index contributed by atoms with van der Waals surface area (Å²) in [6.45, 7) is 2.21. The number of sulfonamides is 1. The van der Waals surface area contributed by atoms with E-state index in [0.717, 1.165) is 34.9 Å². The van der Waals surface area contributed by atoms with Crippen molar-refractivity contribution in [2.45, 2.75) is 30.1 Å². The molecule has 2 aromatic carbocycles. The lowest BCUT2D eigenvalue weighted by molar-refractivity contribution is 0.567. The van der Waals surface area contributed by atoms with Crippen LogP contribution in [0.25, 0.3) is 10.9 Å². The molecule has 0 atom stereocenters. The molecular weight excluding hydrogens is 356 g/mol. The number of rotatable bonds is 5. The molecule has 1 heterocycles. The predicted molar refractivity (Wildman–Crippen MR) is 101 cm³/mol. The maximum atomic E-state index is 12.7. The van der Waals surface area contributed by atoms with Crippen molar-refractivity contribution in [1.29, 1.82) is 0 Å². The van der Waals surface area contributed by atoms with Crippen LogP contribution in [0.15, 0.2) is 53.6 Å². The fourth-order valence-corrected chi connectivity index (χ4v) is 4.94. The molecule has 1 aliphatic rings. The van der Waals surface area contributed by atoms with Gasteiger partial charge in [0, 0.05) is 34.1 Å². The minimum Gasteiger partial charge on any atom is -0.361 e. The zero-order chi connectivity index (χ0) is 17.7. The number of hydrogen-bond acceptors (Lipinski definition) is 2. The Kier molecular flexibility index (Phi) is 3.90. The SMILES string of the molecule is Cc1ccccc1S(=O)(=O)NCC1(c2c[nH]c3cc(Cl)ccc23)CC1. The number of aromatic amines is 1. The fourth-order valence-electron chi connectivity index (χ4n) is 3.40. The smallest absolute Gasteiger partial charge is 0.240 e. The second kappa shape index (κ2) is 5.87. The first-order chi connectivity index (χ1) is 11.9. The van der Waals surface area contributed by atoms with E-state index in [1.165, 1.54) is 0 Å². The second-order valence-electron chi connectivity index (χ2n) is 6.76. The molecule has 2 N–H and O–H groups in total. The number of aryl methyl sites for hydroxylation is 1. The molecule has 1 aromatic heterocycles. The highest BCUT2D eigenvalue weighted by molar-refractivity contribution is 7.89. The summed E-state index contributed by atoms with van der Waals surface area (Å²) >= 11 is 6.05. The van der Waals surface area contributed by atoms with Crippen LogP contribution in [-0.4, -0.2) is 19.9 Å². The normalized spacial score (nSPS) is 16.2. The van der Waals surface area contributed by atoms with Gasteiger partial charge in [0.15, 0.2) is 0 Å². The van der Waals surface area contributed by atoms with Crippen molar-refractivity contribution in [2.24, 2.45) is 0 Å². The zero-order valence-corrected chi connectivity index (χ0v) is 15.4. The molecule has 1 fully saturated rings. The highest BCUT2D eigenvalue weighted by Gasteiger charge is 2.46. The number of halogens is 1. The Balaban J connectivity index is 1.61. The summed E-state index contributed by atoms with van der Waals surface area (Å²) in [6.07, 6.45) is 3.92. The van der Waals surface area contributed by atoms with E-state index in [1.54, 1.807) is 12.1 Å². The highest BCUT2D eigenvalue weighted by Crippen LogP contribution is 2.50. The average Bonchev–Trinajstić information content (AvgIpc) is 3.25. The molecule has 1 aliphatic carbocycles. The molecule has 25 heavy (non-hydrogen) atoms. The summed E-state index contributed by atoms with van der Waals surface area (Å²) in [5.41, 5.74) is 2.76. The van der Waals surface area contributed by atoms with Gasteiger partial charge in [-0.05, 0) is 49.1 Å². The first-order valence-electron chi connectivity index (χ1n) is 8.24. The maximum Gasteiger partial charge on any atom is 0.240 e. The summed E-state index contributed by atoms with van der Waals surface area (Å²) < 4.78 is 28.2. The molecule has 0 amide bonds. The van der Waals surface area contributed by atoms with Gasteiger partial charge in [0.1, 0.15) is 0 Å². The highest BCUT2D eigenvalue weighted by atomic mass is 35.5. The molecule has 4 nitrogen and oxygen atoms in total. The molecule has 0 saturated heterocycles. The van der Waals surface area contributed by atoms with Crippen LogP contribution < -0.4 is 4.72 Å². The van der Waals surface area contributed by atoms with Gasteiger partial charge in [0.2, 0.25) is 10.0 Å². The van der Waals surface area contributed by atoms with Gasteiger partial charge < -0.3 is 4.98 Å². The maximum absolute atomic E-state index is 12.7. The average molecular weight is 375 g/mol. The first-order valence-corrected chi connectivity index (χ1v) is 10.1. The number of aromatic nitrogens is 1. The van der Waals surface area contributed by atoms with Gasteiger partial charge in [-0.2, -0.15) is 0 Å². The van der Waals surface area contributed by atoms with Crippen LogP contribution in [0.2, 0.25) is 5.02 Å². The van der Waals surface area contributed by atoms with E-state index in [-0.39, 0.29) is 5.41 Å². The van der Waals surface area contributed by atoms with Crippen LogP contribution in [0.1, 0.15) is 24.0 Å². The van der Waals surface area contributed by atoms with Crippen molar-refractivity contribution in [3.63, 3.8) is 0 Å². The van der Waals surface area contributed by atoms with Gasteiger partial charge >= 0.3 is 0 Å². The Hall–Kier alpha value is -1.82. The van der Waals surface area contributed by atoms with E-state index in [9.17, 15) is 8.42 Å². The quantitative estimate of drug-likeness (QED) is 0.705. The lowest BCUT2D eigenvalue weighted by Gasteiger charge is -2.16. The Bertz CT molecular complexity index is 1050. The fraction of sp³-hybridized carbons (Fsp3) is 0.263. The predicted octanol–water partition coefficient (Wildman–Crippen LogP) is 4.14. The van der Waals surface area contributed by atoms with Crippen molar-refractivity contribution >= 4 is 32.5 Å². The molecule has 6 heteroatoms. The summed E-state index contributed by atoms with van der Waals surface area (Å²) in [6, 6.07) is 12.8. The minimum absolute atomic E-state index is 0.137. The Labute approximate surface area is 152 Å². The second-order valence-corrected chi connectivity index (χ2v) is 8.93. The molecule has 0 aliphatic heterocycles. The summed E-state index contributed by atoms with van der Waals surface area (Å²) in [5, 5.41) is 1.79. The van der Waals surface area contributed by atoms with Gasteiger partial charge in [-0.3, -0.25) is 0 Å². The van der Waals surface area contributed by atoms with Crippen LogP contribution in [0, 0.1) is 6.92 Å². The van der Waals surface area contributed by atoms with E-state index in [0.29, 0.717) is 16.5 Å². The van der Waals surface area contributed by atoms with Crippen LogP contribution in [0.3, 0.4) is 0 Å². The van der Waals surface area contributed by atoms with Gasteiger partial charge in [0.25, 0.3) is 0 Å². The lowest BCUT2D eigenvalue weighted by atomic mass is 9.96. The van der Waals surface area contributed by atoms with Crippen LogP contribution in [0.4, 0.5) is 0 Å². The Morgan fingerprint density at radius 2 is 1.96 bits per heavy atom. The van der Waals surface area contributed by atoms with E-state index < -0.39 is 10.0 Å². The van der Waals surface area contributed by atoms with E-state index >= 15 is 0 Å². The number of hydrogen-bond donors (Lipinski definition) is 2. The van der Waals surface area contributed by atoms with E-state index in [2.05, 4.69) is 9.71 Å². The van der Waals surface area contributed by atoms with Crippen molar-refractivity contribution in [2.75, 3.05) is 6.54 Å². The molecule has 3 aromatic rings. The third kappa shape index (κ3) is 2.97. The van der Waals surface area contributed by atoms with Crippen LogP contribution in [-0.2, 0) is 15.4 Å². The third-order valence-corrected chi connectivity index (χ3v) is 6.85. The largest absolute Gasteiger partial charge is 0.361 e. The number of fused-ring (bicyclic) bond motifs is 1. The van der Waals surface area contributed by atoms with Gasteiger partial charge in [-0.15, -0.1) is 0 Å². The Morgan fingerprint density at radius 3 is 2.68 bits per heavy atom.